The topological polar surface area (TPSA) is 38.0 Å². The van der Waals surface area contributed by atoms with Crippen molar-refractivity contribution in [2.75, 3.05) is 6.61 Å². The number of rotatable bonds is 4. The summed E-state index contributed by atoms with van der Waals surface area (Å²) in [5, 5.41) is 16.3. The van der Waals surface area contributed by atoms with Gasteiger partial charge in [-0.3, -0.25) is 4.68 Å². The minimum Gasteiger partial charge on any atom is -0.395 e. The van der Waals surface area contributed by atoms with Gasteiger partial charge in [-0.25, -0.2) is 0 Å². The van der Waals surface area contributed by atoms with Gasteiger partial charge in [-0.15, -0.1) is 23.1 Å². The van der Waals surface area contributed by atoms with Crippen LogP contribution in [0.25, 0.3) is 0 Å². The largest absolute Gasteiger partial charge is 0.395 e. The van der Waals surface area contributed by atoms with Crippen molar-refractivity contribution < 1.29 is 5.11 Å². The molecule has 1 N–H and O–H groups in total. The number of nitrogens with zero attached hydrogens (tertiary/aromatic N) is 2. The molecule has 0 saturated heterocycles. The molecule has 0 aliphatic carbocycles. The summed E-state index contributed by atoms with van der Waals surface area (Å²) in [4.78, 5) is 1.27. The van der Waals surface area contributed by atoms with Gasteiger partial charge in [-0.05, 0) is 24.4 Å². The molecule has 0 unspecified atom stereocenters. The highest BCUT2D eigenvalue weighted by Crippen LogP contribution is 2.27. The molecule has 100 valence electrons. The van der Waals surface area contributed by atoms with E-state index in [2.05, 4.69) is 28.4 Å². The second-order valence-corrected chi connectivity index (χ2v) is 6.07. The van der Waals surface area contributed by atoms with Crippen LogP contribution >= 0.6 is 23.1 Å². The molecule has 0 aromatic carbocycles. The molecular weight excluding hydrogens is 276 g/mol. The zero-order valence-electron chi connectivity index (χ0n) is 11.0. The van der Waals surface area contributed by atoms with Crippen LogP contribution in [0.2, 0.25) is 0 Å². The lowest BCUT2D eigenvalue weighted by atomic mass is 10.2. The summed E-state index contributed by atoms with van der Waals surface area (Å²) >= 11 is 3.50. The van der Waals surface area contributed by atoms with Crippen LogP contribution in [0.1, 0.15) is 22.6 Å². The minimum absolute atomic E-state index is 0.121. The van der Waals surface area contributed by atoms with Crippen molar-refractivity contribution in [1.82, 2.24) is 9.78 Å². The number of aromatic nitrogens is 2. The van der Waals surface area contributed by atoms with Crippen molar-refractivity contribution in [2.24, 2.45) is 7.05 Å². The Balaban J connectivity index is 2.02. The zero-order valence-corrected chi connectivity index (χ0v) is 12.6. The monoisotopic (exact) mass is 292 g/mol. The highest BCUT2D eigenvalue weighted by Gasteiger charge is 2.06. The Bertz CT molecular complexity index is 604. The lowest BCUT2D eigenvalue weighted by molar-refractivity contribution is 0.305. The van der Waals surface area contributed by atoms with Crippen LogP contribution in [0.4, 0.5) is 0 Å². The third kappa shape index (κ3) is 3.87. The predicted molar refractivity (Wildman–Crippen MR) is 80.4 cm³/mol. The molecule has 2 aromatic rings. The fourth-order valence-corrected chi connectivity index (χ4v) is 3.62. The van der Waals surface area contributed by atoms with Crippen molar-refractivity contribution in [3.8, 4) is 11.8 Å². The normalized spacial score (nSPS) is 10.3. The average Bonchev–Trinajstić information content (AvgIpc) is 2.94. The number of hydrogen-bond acceptors (Lipinski definition) is 4. The van der Waals surface area contributed by atoms with Crippen LogP contribution in [0.5, 0.6) is 0 Å². The van der Waals surface area contributed by atoms with Crippen molar-refractivity contribution in [2.45, 2.75) is 24.1 Å². The first-order chi connectivity index (χ1) is 9.20. The molecule has 2 heterocycles. The average molecular weight is 292 g/mol. The Kier molecular flexibility index (Phi) is 5.08. The van der Waals surface area contributed by atoms with E-state index in [1.54, 1.807) is 23.1 Å². The second-order valence-electron chi connectivity index (χ2n) is 4.07. The van der Waals surface area contributed by atoms with Gasteiger partial charge in [0.1, 0.15) is 0 Å². The summed E-state index contributed by atoms with van der Waals surface area (Å²) in [6.45, 7) is 2.12. The maximum absolute atomic E-state index is 8.74. The van der Waals surface area contributed by atoms with Crippen molar-refractivity contribution in [3.63, 3.8) is 0 Å². The molecular formula is C14H16N2OS2. The van der Waals surface area contributed by atoms with Gasteiger partial charge in [0.25, 0.3) is 0 Å². The maximum atomic E-state index is 8.74. The van der Waals surface area contributed by atoms with Crippen molar-refractivity contribution in [1.29, 1.82) is 0 Å². The van der Waals surface area contributed by atoms with E-state index in [4.69, 9.17) is 5.11 Å². The molecule has 3 nitrogen and oxygen atoms in total. The zero-order chi connectivity index (χ0) is 13.7. The number of thiophene rings is 1. The summed E-state index contributed by atoms with van der Waals surface area (Å²) < 4.78 is 1.91. The van der Waals surface area contributed by atoms with Gasteiger partial charge in [0.15, 0.2) is 0 Å². The van der Waals surface area contributed by atoms with Crippen LogP contribution in [0.3, 0.4) is 0 Å². The smallest absolute Gasteiger partial charge is 0.0942 e. The Morgan fingerprint density at radius 3 is 3.05 bits per heavy atom. The molecule has 0 amide bonds. The minimum atomic E-state index is 0.121. The van der Waals surface area contributed by atoms with E-state index in [1.165, 1.54) is 9.90 Å². The second kappa shape index (κ2) is 6.80. The van der Waals surface area contributed by atoms with E-state index >= 15 is 0 Å². The van der Waals surface area contributed by atoms with Crippen molar-refractivity contribution >= 4 is 23.1 Å². The first-order valence-corrected chi connectivity index (χ1v) is 7.86. The summed E-state index contributed by atoms with van der Waals surface area (Å²) in [5.41, 5.74) is 2.11. The standard InChI is InChI=1S/C14H16N2OS2/c1-11-9-14(16(2)15-11)19-10-13-12(6-8-18-13)5-3-4-7-17/h6,8-9,17H,4,7,10H2,1-2H3. The summed E-state index contributed by atoms with van der Waals surface area (Å²) in [5.74, 6) is 6.99. The molecule has 5 heteroatoms. The van der Waals surface area contributed by atoms with Gasteiger partial charge >= 0.3 is 0 Å². The Morgan fingerprint density at radius 2 is 2.37 bits per heavy atom. The van der Waals surface area contributed by atoms with Gasteiger partial charge in [-0.1, -0.05) is 11.8 Å². The lowest BCUT2D eigenvalue weighted by Gasteiger charge is -2.00. The molecule has 0 aliphatic heterocycles. The van der Waals surface area contributed by atoms with Crippen LogP contribution < -0.4 is 0 Å². The third-order valence-corrected chi connectivity index (χ3v) is 4.73. The molecule has 0 atom stereocenters. The summed E-state index contributed by atoms with van der Waals surface area (Å²) in [6.07, 6.45) is 0.531. The third-order valence-electron chi connectivity index (χ3n) is 2.52. The van der Waals surface area contributed by atoms with E-state index < -0.39 is 0 Å². The van der Waals surface area contributed by atoms with E-state index in [-0.39, 0.29) is 6.61 Å². The molecule has 0 saturated carbocycles. The molecule has 0 fully saturated rings. The lowest BCUT2D eigenvalue weighted by Crippen LogP contribution is -1.92. The number of thioether (sulfide) groups is 1. The summed E-state index contributed by atoms with van der Waals surface area (Å²) in [6, 6.07) is 4.13. The number of hydrogen-bond donors (Lipinski definition) is 1. The van der Waals surface area contributed by atoms with Gasteiger partial charge < -0.3 is 5.11 Å². The van der Waals surface area contributed by atoms with Crippen LogP contribution in [-0.2, 0) is 12.8 Å². The predicted octanol–water partition coefficient (Wildman–Crippen LogP) is 2.82. The molecule has 0 aliphatic rings. The molecule has 0 spiro atoms. The summed E-state index contributed by atoms with van der Waals surface area (Å²) in [7, 11) is 1.96. The molecule has 19 heavy (non-hydrogen) atoms. The Morgan fingerprint density at radius 1 is 1.53 bits per heavy atom. The van der Waals surface area contributed by atoms with Crippen LogP contribution in [0, 0.1) is 18.8 Å². The highest BCUT2D eigenvalue weighted by molar-refractivity contribution is 7.98. The molecule has 0 radical (unpaired) electrons. The molecule has 2 aromatic heterocycles. The number of aliphatic hydroxyl groups excluding tert-OH is 1. The molecule has 0 bridgehead atoms. The van der Waals surface area contributed by atoms with Gasteiger partial charge in [0, 0.05) is 29.7 Å². The highest BCUT2D eigenvalue weighted by atomic mass is 32.2. The van der Waals surface area contributed by atoms with Gasteiger partial charge in [0.05, 0.1) is 17.3 Å². The van der Waals surface area contributed by atoms with E-state index in [0.717, 1.165) is 17.0 Å². The van der Waals surface area contributed by atoms with E-state index in [1.807, 2.05) is 24.7 Å². The van der Waals surface area contributed by atoms with Crippen molar-refractivity contribution in [3.05, 3.63) is 33.6 Å². The Hall–Kier alpha value is -1.22. The SMILES string of the molecule is Cc1cc(SCc2sccc2C#CCCO)n(C)n1. The first kappa shape index (κ1) is 14.2. The fraction of sp³-hybridized carbons (Fsp3) is 0.357. The maximum Gasteiger partial charge on any atom is 0.0942 e. The first-order valence-electron chi connectivity index (χ1n) is 6.00. The van der Waals surface area contributed by atoms with Gasteiger partial charge in [-0.2, -0.15) is 5.10 Å². The van der Waals surface area contributed by atoms with Crippen LogP contribution in [-0.4, -0.2) is 21.5 Å². The Labute approximate surface area is 121 Å². The fourth-order valence-electron chi connectivity index (χ4n) is 1.64. The molecule has 2 rings (SSSR count). The quantitative estimate of drug-likeness (QED) is 0.695. The van der Waals surface area contributed by atoms with Gasteiger partial charge in [0.2, 0.25) is 0 Å². The van der Waals surface area contributed by atoms with E-state index in [0.29, 0.717) is 6.42 Å². The van der Waals surface area contributed by atoms with E-state index in [9.17, 15) is 0 Å². The van der Waals surface area contributed by atoms with Crippen LogP contribution in [0.15, 0.2) is 22.5 Å². The number of aliphatic hydroxyl groups is 1. The number of aryl methyl sites for hydroxylation is 2.